The molecule has 1 aromatic heterocycles. The first-order valence-electron chi connectivity index (χ1n) is 8.78. The number of amides is 1. The Morgan fingerprint density at radius 2 is 1.90 bits per heavy atom. The molecule has 1 N–H and O–H groups in total. The second kappa shape index (κ2) is 8.79. The zero-order valence-corrected chi connectivity index (χ0v) is 18.0. The van der Waals surface area contributed by atoms with E-state index < -0.39 is 27.6 Å². The van der Waals surface area contributed by atoms with Crippen molar-refractivity contribution < 1.29 is 22.0 Å². The van der Waals surface area contributed by atoms with Gasteiger partial charge in [0, 0.05) is 22.2 Å². The van der Waals surface area contributed by atoms with Gasteiger partial charge >= 0.3 is 0 Å². The van der Waals surface area contributed by atoms with Crippen LogP contribution in [0.2, 0.25) is 0 Å². The van der Waals surface area contributed by atoms with E-state index in [4.69, 9.17) is 5.26 Å². The Morgan fingerprint density at radius 3 is 2.48 bits per heavy atom. The molecule has 31 heavy (non-hydrogen) atoms. The Labute approximate surface area is 181 Å². The highest BCUT2D eigenvalue weighted by molar-refractivity contribution is 7.89. The molecule has 0 spiro atoms. The fraction of sp³-hybridized carbons (Fsp3) is 0.150. The predicted molar refractivity (Wildman–Crippen MR) is 113 cm³/mol. The molecule has 0 aliphatic heterocycles. The number of benzene rings is 2. The van der Waals surface area contributed by atoms with Crippen molar-refractivity contribution in [2.45, 2.75) is 13.5 Å². The molecule has 160 valence electrons. The Balaban J connectivity index is 2.04. The fourth-order valence-electron chi connectivity index (χ4n) is 2.73. The minimum Gasteiger partial charge on any atom is -0.313 e. The molecule has 7 nitrogen and oxygen atoms in total. The van der Waals surface area contributed by atoms with E-state index in [1.165, 1.54) is 6.07 Å². The topological polar surface area (TPSA) is 103 Å². The molecule has 1 amide bonds. The SMILES string of the molecule is Cc1sc(N(Cc2ccc(F)cc2F)c2ccc(C#N)cc2)nc1C(=O)NS(C)(=O)=O. The third kappa shape index (κ3) is 5.42. The number of aromatic nitrogens is 1. The smallest absolute Gasteiger partial charge is 0.284 e. The normalized spacial score (nSPS) is 11.1. The number of carbonyl (C=O) groups is 1. The molecule has 3 aromatic rings. The Hall–Kier alpha value is -3.36. The van der Waals surface area contributed by atoms with Gasteiger partial charge in [-0.25, -0.2) is 26.9 Å². The van der Waals surface area contributed by atoms with Crippen molar-refractivity contribution in [1.29, 1.82) is 5.26 Å². The van der Waals surface area contributed by atoms with Gasteiger partial charge in [-0.2, -0.15) is 5.26 Å². The van der Waals surface area contributed by atoms with Gasteiger partial charge in [-0.1, -0.05) is 6.07 Å². The lowest BCUT2D eigenvalue weighted by atomic mass is 10.1. The minimum atomic E-state index is -3.78. The number of thiazole rings is 1. The van der Waals surface area contributed by atoms with Gasteiger partial charge in [0.15, 0.2) is 5.13 Å². The van der Waals surface area contributed by atoms with Gasteiger partial charge in [0.25, 0.3) is 5.91 Å². The lowest BCUT2D eigenvalue weighted by Crippen LogP contribution is -2.30. The molecule has 2 aromatic carbocycles. The average molecular weight is 463 g/mol. The summed E-state index contributed by atoms with van der Waals surface area (Å²) in [6, 6.07) is 11.6. The molecule has 1 heterocycles. The first kappa shape index (κ1) is 22.3. The minimum absolute atomic E-state index is 0.0435. The first-order valence-corrected chi connectivity index (χ1v) is 11.5. The summed E-state index contributed by atoms with van der Waals surface area (Å²) in [6.07, 6.45) is 0.855. The maximum absolute atomic E-state index is 14.3. The molecule has 0 unspecified atom stereocenters. The summed E-state index contributed by atoms with van der Waals surface area (Å²) in [5, 5.41) is 9.32. The van der Waals surface area contributed by atoms with Crippen LogP contribution in [-0.2, 0) is 16.6 Å². The summed E-state index contributed by atoms with van der Waals surface area (Å²) in [4.78, 5) is 18.6. The van der Waals surface area contributed by atoms with E-state index in [1.807, 2.05) is 10.8 Å². The van der Waals surface area contributed by atoms with E-state index in [0.717, 1.165) is 29.7 Å². The maximum atomic E-state index is 14.3. The zero-order chi connectivity index (χ0) is 22.8. The van der Waals surface area contributed by atoms with E-state index in [9.17, 15) is 22.0 Å². The van der Waals surface area contributed by atoms with Crippen LogP contribution in [0.3, 0.4) is 0 Å². The van der Waals surface area contributed by atoms with Crippen molar-refractivity contribution in [2.24, 2.45) is 0 Å². The van der Waals surface area contributed by atoms with Gasteiger partial charge < -0.3 is 4.90 Å². The van der Waals surface area contributed by atoms with Crippen LogP contribution >= 0.6 is 11.3 Å². The van der Waals surface area contributed by atoms with Crippen molar-refractivity contribution in [3.63, 3.8) is 0 Å². The summed E-state index contributed by atoms with van der Waals surface area (Å²) in [5.74, 6) is -2.34. The molecule has 0 bridgehead atoms. The summed E-state index contributed by atoms with van der Waals surface area (Å²) in [6.45, 7) is 1.56. The number of anilines is 2. The second-order valence-electron chi connectivity index (χ2n) is 6.59. The van der Waals surface area contributed by atoms with Crippen LogP contribution in [0.1, 0.15) is 26.5 Å². The molecular weight excluding hydrogens is 446 g/mol. The van der Waals surface area contributed by atoms with Crippen molar-refractivity contribution in [3.05, 3.63) is 75.8 Å². The van der Waals surface area contributed by atoms with Crippen molar-refractivity contribution in [3.8, 4) is 6.07 Å². The molecule has 0 aliphatic rings. The van der Waals surface area contributed by atoms with Gasteiger partial charge in [-0.05, 0) is 37.3 Å². The van der Waals surface area contributed by atoms with Gasteiger partial charge in [0.05, 0.1) is 24.4 Å². The Bertz CT molecular complexity index is 1280. The summed E-state index contributed by atoms with van der Waals surface area (Å²) in [5.41, 5.74) is 1.07. The van der Waals surface area contributed by atoms with Crippen molar-refractivity contribution >= 4 is 38.1 Å². The molecule has 0 atom stereocenters. The highest BCUT2D eigenvalue weighted by Crippen LogP contribution is 2.33. The number of halogens is 2. The largest absolute Gasteiger partial charge is 0.313 e. The summed E-state index contributed by atoms with van der Waals surface area (Å²) in [7, 11) is -3.78. The Kier molecular flexibility index (Phi) is 6.33. The second-order valence-corrected chi connectivity index (χ2v) is 9.52. The number of hydrogen-bond donors (Lipinski definition) is 1. The lowest BCUT2D eigenvalue weighted by Gasteiger charge is -2.22. The van der Waals surface area contributed by atoms with Crippen LogP contribution in [0.5, 0.6) is 0 Å². The van der Waals surface area contributed by atoms with Gasteiger partial charge in [0.1, 0.15) is 17.3 Å². The number of nitriles is 1. The van der Waals surface area contributed by atoms with Crippen LogP contribution in [0.4, 0.5) is 19.6 Å². The maximum Gasteiger partial charge on any atom is 0.284 e. The summed E-state index contributed by atoms with van der Waals surface area (Å²) < 4.78 is 52.3. The van der Waals surface area contributed by atoms with E-state index >= 15 is 0 Å². The predicted octanol–water partition coefficient (Wildman–Crippen LogP) is 3.63. The van der Waals surface area contributed by atoms with Crippen molar-refractivity contribution in [2.75, 3.05) is 11.2 Å². The Morgan fingerprint density at radius 1 is 1.23 bits per heavy atom. The average Bonchev–Trinajstić information content (AvgIpc) is 3.08. The van der Waals surface area contributed by atoms with E-state index in [-0.39, 0.29) is 17.8 Å². The third-order valence-corrected chi connectivity index (χ3v) is 5.71. The highest BCUT2D eigenvalue weighted by atomic mass is 32.2. The van der Waals surface area contributed by atoms with Crippen LogP contribution < -0.4 is 9.62 Å². The van der Waals surface area contributed by atoms with Gasteiger partial charge in [0.2, 0.25) is 10.0 Å². The monoisotopic (exact) mass is 462 g/mol. The molecular formula is C20H16F2N4O3S2. The van der Waals surface area contributed by atoms with E-state index in [1.54, 1.807) is 36.1 Å². The molecule has 11 heteroatoms. The third-order valence-electron chi connectivity index (χ3n) is 4.16. The fourth-order valence-corrected chi connectivity index (χ4v) is 4.09. The number of rotatable bonds is 6. The number of aryl methyl sites for hydroxylation is 1. The lowest BCUT2D eigenvalue weighted by molar-refractivity contribution is 0.0977. The van der Waals surface area contributed by atoms with Crippen molar-refractivity contribution in [1.82, 2.24) is 9.71 Å². The van der Waals surface area contributed by atoms with Crippen LogP contribution in [0.15, 0.2) is 42.5 Å². The zero-order valence-electron chi connectivity index (χ0n) is 16.4. The number of nitrogens with zero attached hydrogens (tertiary/aromatic N) is 3. The number of hydrogen-bond acceptors (Lipinski definition) is 7. The van der Waals surface area contributed by atoms with Crippen LogP contribution in [0.25, 0.3) is 0 Å². The molecule has 0 fully saturated rings. The van der Waals surface area contributed by atoms with Crippen LogP contribution in [0, 0.1) is 29.9 Å². The number of sulfonamides is 1. The molecule has 0 saturated carbocycles. The van der Waals surface area contributed by atoms with Gasteiger partial charge in [-0.3, -0.25) is 4.79 Å². The summed E-state index contributed by atoms with van der Waals surface area (Å²) >= 11 is 1.11. The van der Waals surface area contributed by atoms with Crippen LogP contribution in [-0.4, -0.2) is 25.6 Å². The first-order chi connectivity index (χ1) is 14.6. The number of nitrogens with one attached hydrogen (secondary N) is 1. The van der Waals surface area contributed by atoms with Gasteiger partial charge in [-0.15, -0.1) is 11.3 Å². The molecule has 0 saturated heterocycles. The molecule has 0 aliphatic carbocycles. The quantitative estimate of drug-likeness (QED) is 0.600. The van der Waals surface area contributed by atoms with E-state index in [2.05, 4.69) is 4.98 Å². The van der Waals surface area contributed by atoms with E-state index in [0.29, 0.717) is 21.3 Å². The number of carbonyl (C=O) groups excluding carboxylic acids is 1. The molecule has 3 rings (SSSR count). The molecule has 0 radical (unpaired) electrons. The highest BCUT2D eigenvalue weighted by Gasteiger charge is 2.23. The standard InChI is InChI=1S/C20H16F2N4O3S2/c1-12-18(19(27)25-31(2,28)29)24-20(30-12)26(16-7-3-13(10-23)4-8-16)11-14-5-6-15(21)9-17(14)22/h3-9H,11H2,1-2H3,(H,25,27).